The number of thioether (sulfide) groups is 1. The lowest BCUT2D eigenvalue weighted by Gasteiger charge is -2.30. The molecule has 24 nitrogen and oxygen atoms in total. The summed E-state index contributed by atoms with van der Waals surface area (Å²) in [6, 6.07) is 0. The van der Waals surface area contributed by atoms with Crippen molar-refractivity contribution < 1.29 is 80.5 Å². The number of aliphatic hydroxyl groups excluding tert-OH is 2. The molecule has 3 heterocycles. The van der Waals surface area contributed by atoms with Crippen molar-refractivity contribution in [1.29, 1.82) is 0 Å². The molecule has 2 aromatic heterocycles. The molecule has 2 aromatic rings. The number of imidazole rings is 1. The lowest BCUT2D eigenvalue weighted by Crippen LogP contribution is -2.46. The van der Waals surface area contributed by atoms with Gasteiger partial charge in [0.1, 0.15) is 36.3 Å². The molecule has 1 aliphatic rings. The van der Waals surface area contributed by atoms with Crippen molar-refractivity contribution in [3.05, 3.63) is 24.8 Å². The first-order chi connectivity index (χ1) is 25.6. The van der Waals surface area contributed by atoms with Gasteiger partial charge in [-0.15, -0.1) is 0 Å². The molecule has 2 unspecified atom stereocenters. The van der Waals surface area contributed by atoms with Crippen LogP contribution in [0.15, 0.2) is 24.8 Å². The number of anilines is 1. The standard InChI is InChI=1S/C27H44N7O17P3S/c1-4-5-6-7-18(36)55-11-10-29-17(35)8-9-30-25(39)22(38)27(2,3)13-48-54(45,46)51-53(43,44)47-12-16-21(50-52(40,41)42)20(37)26(49-16)34-15-33-19-23(28)31-14-32-24(19)34/h6-7,14-16,20-22,26,37-38H,4-5,8-13H2,1-3H3,(H,29,35)(H,30,39)(H,43,44)(H,45,46)(H2,28,31,32)(H2,40,41,42)/b7-6-/t16-,20-,21-,22+,26-/m1/s1. The van der Waals surface area contributed by atoms with Crippen molar-refractivity contribution >= 4 is 69.1 Å². The second kappa shape index (κ2) is 20.1. The topological polar surface area (TPSA) is 364 Å². The second-order valence-corrected chi connectivity index (χ2v) is 17.8. The highest BCUT2D eigenvalue weighted by Crippen LogP contribution is 2.61. The van der Waals surface area contributed by atoms with E-state index in [1.54, 1.807) is 6.08 Å². The third-order valence-electron chi connectivity index (χ3n) is 7.46. The Labute approximate surface area is 318 Å². The van der Waals surface area contributed by atoms with Crippen LogP contribution in [0.5, 0.6) is 0 Å². The number of nitrogens with two attached hydrogens (primary N) is 1. The molecule has 0 radical (unpaired) electrons. The number of nitrogens with one attached hydrogen (secondary N) is 2. The summed E-state index contributed by atoms with van der Waals surface area (Å²) in [5.74, 6) is -1.12. The summed E-state index contributed by atoms with van der Waals surface area (Å²) < 4.78 is 62.0. The van der Waals surface area contributed by atoms with Gasteiger partial charge in [0.2, 0.25) is 16.9 Å². The average Bonchev–Trinajstić information content (AvgIpc) is 3.64. The van der Waals surface area contributed by atoms with Gasteiger partial charge < -0.3 is 50.9 Å². The minimum absolute atomic E-state index is 0.0305. The van der Waals surface area contributed by atoms with E-state index in [-0.39, 0.29) is 41.6 Å². The number of unbranched alkanes of at least 4 members (excludes halogenated alkanes) is 1. The highest BCUT2D eigenvalue weighted by Gasteiger charge is 2.50. The average molecular weight is 864 g/mol. The first kappa shape index (κ1) is 46.7. The number of aromatic nitrogens is 4. The Hall–Kier alpha value is -2.70. The number of carbonyl (C=O) groups is 3. The van der Waals surface area contributed by atoms with Gasteiger partial charge in [-0.05, 0) is 12.5 Å². The Balaban J connectivity index is 1.49. The number of phosphoric acid groups is 3. The van der Waals surface area contributed by atoms with Crippen molar-refractivity contribution in [2.75, 3.05) is 37.8 Å². The number of rotatable bonds is 22. The van der Waals surface area contributed by atoms with Crippen LogP contribution in [0, 0.1) is 5.41 Å². The van der Waals surface area contributed by atoms with Crippen LogP contribution in [0.1, 0.15) is 46.3 Å². The van der Waals surface area contributed by atoms with E-state index in [4.69, 9.17) is 19.5 Å². The molecule has 3 rings (SSSR count). The van der Waals surface area contributed by atoms with Gasteiger partial charge in [-0.2, -0.15) is 4.31 Å². The molecule has 310 valence electrons. The maximum Gasteiger partial charge on any atom is 0.481 e. The third-order valence-corrected chi connectivity index (χ3v) is 11.4. The van der Waals surface area contributed by atoms with Crippen molar-refractivity contribution in [3.8, 4) is 0 Å². The molecular formula is C27H44N7O17P3S. The summed E-state index contributed by atoms with van der Waals surface area (Å²) in [4.78, 5) is 87.2. The number of amides is 2. The first-order valence-corrected chi connectivity index (χ1v) is 21.8. The minimum atomic E-state index is -5.57. The lowest BCUT2D eigenvalue weighted by atomic mass is 9.87. The summed E-state index contributed by atoms with van der Waals surface area (Å²) in [5, 5.41) is 26.2. The van der Waals surface area contributed by atoms with Gasteiger partial charge in [-0.25, -0.2) is 28.6 Å². The van der Waals surface area contributed by atoms with Crippen LogP contribution < -0.4 is 16.4 Å². The van der Waals surface area contributed by atoms with Crippen LogP contribution in [-0.4, -0.2) is 123 Å². The van der Waals surface area contributed by atoms with Gasteiger partial charge in [-0.3, -0.25) is 32.5 Å². The first-order valence-electron chi connectivity index (χ1n) is 16.3. The molecule has 1 saturated heterocycles. The van der Waals surface area contributed by atoms with E-state index in [9.17, 15) is 57.9 Å². The number of carbonyl (C=O) groups excluding carboxylic acids is 3. The Morgan fingerprint density at radius 3 is 2.45 bits per heavy atom. The van der Waals surface area contributed by atoms with Crippen molar-refractivity contribution in [2.45, 2.75) is 70.7 Å². The Bertz CT molecular complexity index is 1830. The lowest BCUT2D eigenvalue weighted by molar-refractivity contribution is -0.137. The van der Waals surface area contributed by atoms with E-state index >= 15 is 0 Å². The molecule has 0 spiro atoms. The maximum absolute atomic E-state index is 12.7. The van der Waals surface area contributed by atoms with Crippen molar-refractivity contribution in [1.82, 2.24) is 30.2 Å². The van der Waals surface area contributed by atoms with E-state index in [0.717, 1.165) is 41.8 Å². The fourth-order valence-electron chi connectivity index (χ4n) is 4.68. The highest BCUT2D eigenvalue weighted by molar-refractivity contribution is 8.14. The Morgan fingerprint density at radius 1 is 1.09 bits per heavy atom. The normalized spacial score (nSPS) is 22.0. The summed E-state index contributed by atoms with van der Waals surface area (Å²) in [6.07, 6.45) is -1.97. The van der Waals surface area contributed by atoms with Gasteiger partial charge in [0, 0.05) is 30.7 Å². The van der Waals surface area contributed by atoms with Crippen LogP contribution >= 0.6 is 35.2 Å². The summed E-state index contributed by atoms with van der Waals surface area (Å²) in [7, 11) is -16.4. The van der Waals surface area contributed by atoms with Crippen LogP contribution in [-0.2, 0) is 50.7 Å². The number of ether oxygens (including phenoxy) is 1. The van der Waals surface area contributed by atoms with Gasteiger partial charge in [0.05, 0.1) is 19.5 Å². The molecule has 1 fully saturated rings. The quantitative estimate of drug-likeness (QED) is 0.0428. The van der Waals surface area contributed by atoms with Gasteiger partial charge in [0.25, 0.3) is 0 Å². The van der Waals surface area contributed by atoms with Crippen molar-refractivity contribution in [2.24, 2.45) is 5.41 Å². The molecule has 28 heteroatoms. The smallest absolute Gasteiger partial charge is 0.386 e. The molecule has 0 aromatic carbocycles. The van der Waals surface area contributed by atoms with Crippen LogP contribution in [0.25, 0.3) is 11.2 Å². The molecule has 55 heavy (non-hydrogen) atoms. The Morgan fingerprint density at radius 2 is 1.78 bits per heavy atom. The molecule has 1 aliphatic heterocycles. The molecular weight excluding hydrogens is 819 g/mol. The molecule has 0 aliphatic carbocycles. The number of phosphoric ester groups is 3. The molecule has 0 saturated carbocycles. The number of hydrogen-bond donors (Lipinski definition) is 9. The highest BCUT2D eigenvalue weighted by atomic mass is 32.2. The third kappa shape index (κ3) is 14.6. The zero-order valence-corrected chi connectivity index (χ0v) is 33.1. The number of fused-ring (bicyclic) bond motifs is 1. The molecule has 0 bridgehead atoms. The molecule has 2 amide bonds. The summed E-state index contributed by atoms with van der Waals surface area (Å²) in [6.45, 7) is 2.47. The SMILES string of the molecule is CCC/C=C\C(=O)SCCNC(=O)CCNC(=O)[C@H](O)C(C)(C)COP(=O)(O)OP(=O)(O)OC[C@H]1O[C@@H](n2cnc3c(N)ncnc32)[C@H](O)[C@@H]1OP(=O)(O)O. The number of nitrogen functional groups attached to an aromatic ring is 1. The summed E-state index contributed by atoms with van der Waals surface area (Å²) >= 11 is 1.03. The van der Waals surface area contributed by atoms with Crippen molar-refractivity contribution in [3.63, 3.8) is 0 Å². The Kier molecular flexibility index (Phi) is 17.1. The zero-order chi connectivity index (χ0) is 41.2. The fraction of sp³-hybridized carbons (Fsp3) is 0.630. The van der Waals surface area contributed by atoms with E-state index in [0.29, 0.717) is 5.75 Å². The molecule has 10 N–H and O–H groups in total. The minimum Gasteiger partial charge on any atom is -0.386 e. The number of allylic oxidation sites excluding steroid dienone is 1. The second-order valence-electron chi connectivity index (χ2n) is 12.4. The predicted molar refractivity (Wildman–Crippen MR) is 191 cm³/mol. The van der Waals surface area contributed by atoms with Gasteiger partial charge in [-0.1, -0.05) is 45.0 Å². The monoisotopic (exact) mass is 863 g/mol. The fourth-order valence-corrected chi connectivity index (χ4v) is 8.10. The number of aliphatic hydroxyl groups is 2. The number of nitrogens with zero attached hydrogens (tertiary/aromatic N) is 4. The largest absolute Gasteiger partial charge is 0.481 e. The predicted octanol–water partition coefficient (Wildman–Crippen LogP) is 0.0210. The van der Waals surface area contributed by atoms with Crippen LogP contribution in [0.4, 0.5) is 5.82 Å². The number of hydrogen-bond acceptors (Lipinski definition) is 18. The van der Waals surface area contributed by atoms with Gasteiger partial charge >= 0.3 is 23.5 Å². The molecule has 7 atom stereocenters. The van der Waals surface area contributed by atoms with E-state index in [2.05, 4.69) is 34.4 Å². The van der Waals surface area contributed by atoms with Crippen LogP contribution in [0.3, 0.4) is 0 Å². The van der Waals surface area contributed by atoms with E-state index in [1.807, 2.05) is 6.92 Å². The summed E-state index contributed by atoms with van der Waals surface area (Å²) in [5.41, 5.74) is 4.26. The zero-order valence-electron chi connectivity index (χ0n) is 29.6. The van der Waals surface area contributed by atoms with E-state index in [1.165, 1.54) is 19.9 Å². The maximum atomic E-state index is 12.7. The van der Waals surface area contributed by atoms with Gasteiger partial charge in [0.15, 0.2) is 17.7 Å². The van der Waals surface area contributed by atoms with Crippen LogP contribution in [0.2, 0.25) is 0 Å². The van der Waals surface area contributed by atoms with E-state index < -0.39 is 84.6 Å².